The molecular weight excluding hydrogens is 338 g/mol. The van der Waals surface area contributed by atoms with Crippen LogP contribution in [0.15, 0.2) is 24.3 Å². The molecular formula is C22H35N3O2. The summed E-state index contributed by atoms with van der Waals surface area (Å²) in [5, 5.41) is 3.15. The normalized spacial score (nSPS) is 15.6. The molecule has 0 aromatic heterocycles. The van der Waals surface area contributed by atoms with Gasteiger partial charge in [-0.3, -0.25) is 14.5 Å². The highest BCUT2D eigenvalue weighted by Crippen LogP contribution is 2.24. The maximum absolute atomic E-state index is 12.5. The molecule has 2 amide bonds. The fourth-order valence-corrected chi connectivity index (χ4v) is 3.54. The number of carbonyl (C=O) groups excluding carboxylic acids is 2. The summed E-state index contributed by atoms with van der Waals surface area (Å²) in [6.07, 6.45) is 2.17. The van der Waals surface area contributed by atoms with E-state index in [4.69, 9.17) is 0 Å². The summed E-state index contributed by atoms with van der Waals surface area (Å²) < 4.78 is 0. The SMILES string of the molecule is CC(C)c1ccc([C@@H](NC(=O)CN(C)CC(=O)N2CCCC2)C(C)C)cc1. The van der Waals surface area contributed by atoms with E-state index in [-0.39, 0.29) is 30.3 Å². The molecule has 0 aliphatic carbocycles. The Bertz CT molecular complexity index is 619. The van der Waals surface area contributed by atoms with Crippen molar-refractivity contribution in [2.24, 2.45) is 5.92 Å². The molecule has 5 nitrogen and oxygen atoms in total. The third kappa shape index (κ3) is 6.35. The zero-order valence-electron chi connectivity index (χ0n) is 17.5. The number of hydrogen-bond donors (Lipinski definition) is 1. The number of rotatable bonds is 8. The van der Waals surface area contributed by atoms with Crippen molar-refractivity contribution in [3.05, 3.63) is 35.4 Å². The van der Waals surface area contributed by atoms with Gasteiger partial charge in [-0.15, -0.1) is 0 Å². The third-order valence-corrected chi connectivity index (χ3v) is 5.22. The number of likely N-dealkylation sites (N-methyl/N-ethyl adjacent to an activating group) is 1. The van der Waals surface area contributed by atoms with E-state index in [1.54, 1.807) is 4.90 Å². The first kappa shape index (κ1) is 21.4. The van der Waals surface area contributed by atoms with Crippen LogP contribution in [0, 0.1) is 5.92 Å². The van der Waals surface area contributed by atoms with Gasteiger partial charge in [-0.2, -0.15) is 0 Å². The number of hydrogen-bond acceptors (Lipinski definition) is 3. The van der Waals surface area contributed by atoms with E-state index in [0.717, 1.165) is 31.5 Å². The molecule has 1 aromatic carbocycles. The Balaban J connectivity index is 1.91. The van der Waals surface area contributed by atoms with Crippen LogP contribution in [0.2, 0.25) is 0 Å². The third-order valence-electron chi connectivity index (χ3n) is 5.22. The van der Waals surface area contributed by atoms with Crippen LogP contribution in [0.4, 0.5) is 0 Å². The number of benzene rings is 1. The van der Waals surface area contributed by atoms with Gasteiger partial charge < -0.3 is 10.2 Å². The van der Waals surface area contributed by atoms with Crippen LogP contribution in [0.1, 0.15) is 63.6 Å². The lowest BCUT2D eigenvalue weighted by atomic mass is 9.93. The zero-order chi connectivity index (χ0) is 20.0. The van der Waals surface area contributed by atoms with E-state index in [9.17, 15) is 9.59 Å². The second-order valence-corrected chi connectivity index (χ2v) is 8.37. The summed E-state index contributed by atoms with van der Waals surface area (Å²) in [4.78, 5) is 28.5. The molecule has 2 rings (SSSR count). The van der Waals surface area contributed by atoms with E-state index in [1.165, 1.54) is 5.56 Å². The van der Waals surface area contributed by atoms with Crippen LogP contribution in [0.5, 0.6) is 0 Å². The summed E-state index contributed by atoms with van der Waals surface area (Å²) in [7, 11) is 1.83. The van der Waals surface area contributed by atoms with Crippen LogP contribution in [0.25, 0.3) is 0 Å². The van der Waals surface area contributed by atoms with Crippen molar-refractivity contribution < 1.29 is 9.59 Å². The topological polar surface area (TPSA) is 52.7 Å². The maximum atomic E-state index is 12.5. The largest absolute Gasteiger partial charge is 0.348 e. The smallest absolute Gasteiger partial charge is 0.236 e. The minimum Gasteiger partial charge on any atom is -0.348 e. The lowest BCUT2D eigenvalue weighted by Crippen LogP contribution is -2.43. The maximum Gasteiger partial charge on any atom is 0.236 e. The van der Waals surface area contributed by atoms with Gasteiger partial charge in [-0.1, -0.05) is 52.0 Å². The predicted molar refractivity (Wildman–Crippen MR) is 110 cm³/mol. The molecule has 1 atom stereocenters. The molecule has 0 saturated carbocycles. The van der Waals surface area contributed by atoms with Crippen LogP contribution >= 0.6 is 0 Å². The van der Waals surface area contributed by atoms with Crippen LogP contribution in [-0.4, -0.2) is 54.8 Å². The molecule has 1 aliphatic heterocycles. The van der Waals surface area contributed by atoms with E-state index < -0.39 is 0 Å². The van der Waals surface area contributed by atoms with Crippen molar-refractivity contribution in [1.82, 2.24) is 15.1 Å². The molecule has 5 heteroatoms. The molecule has 150 valence electrons. The molecule has 0 radical (unpaired) electrons. The Hall–Kier alpha value is -1.88. The summed E-state index contributed by atoms with van der Waals surface area (Å²) >= 11 is 0. The Labute approximate surface area is 164 Å². The minimum atomic E-state index is -0.0432. The van der Waals surface area contributed by atoms with Crippen molar-refractivity contribution in [2.45, 2.75) is 52.5 Å². The van der Waals surface area contributed by atoms with Crippen molar-refractivity contribution in [1.29, 1.82) is 0 Å². The van der Waals surface area contributed by atoms with Gasteiger partial charge in [0, 0.05) is 13.1 Å². The average molecular weight is 374 g/mol. The highest BCUT2D eigenvalue weighted by Gasteiger charge is 2.22. The van der Waals surface area contributed by atoms with Crippen molar-refractivity contribution in [3.63, 3.8) is 0 Å². The Morgan fingerprint density at radius 3 is 2.07 bits per heavy atom. The minimum absolute atomic E-state index is 0.0265. The van der Waals surface area contributed by atoms with Gasteiger partial charge in [0.2, 0.25) is 11.8 Å². The van der Waals surface area contributed by atoms with Gasteiger partial charge in [0.1, 0.15) is 0 Å². The number of nitrogens with zero attached hydrogens (tertiary/aromatic N) is 2. The average Bonchev–Trinajstić information content (AvgIpc) is 3.14. The molecule has 0 unspecified atom stereocenters. The molecule has 1 N–H and O–H groups in total. The quantitative estimate of drug-likeness (QED) is 0.761. The first-order valence-electron chi connectivity index (χ1n) is 10.1. The molecule has 1 fully saturated rings. The Morgan fingerprint density at radius 1 is 1.00 bits per heavy atom. The number of amides is 2. The highest BCUT2D eigenvalue weighted by molar-refractivity contribution is 5.81. The van der Waals surface area contributed by atoms with Crippen LogP contribution in [-0.2, 0) is 9.59 Å². The first-order chi connectivity index (χ1) is 12.8. The fourth-order valence-electron chi connectivity index (χ4n) is 3.54. The Morgan fingerprint density at radius 2 is 1.56 bits per heavy atom. The van der Waals surface area contributed by atoms with Crippen LogP contribution < -0.4 is 5.32 Å². The summed E-state index contributed by atoms with van der Waals surface area (Å²) in [6.45, 7) is 10.8. The molecule has 1 heterocycles. The standard InChI is InChI=1S/C22H35N3O2/c1-16(2)18-8-10-19(11-9-18)22(17(3)4)23-20(26)14-24(5)15-21(27)25-12-6-7-13-25/h8-11,16-17,22H,6-7,12-15H2,1-5H3,(H,23,26)/t22-/m0/s1. The predicted octanol–water partition coefficient (Wildman–Crippen LogP) is 3.18. The van der Waals surface area contributed by atoms with E-state index in [1.807, 2.05) is 11.9 Å². The van der Waals surface area contributed by atoms with Gasteiger partial charge >= 0.3 is 0 Å². The van der Waals surface area contributed by atoms with Crippen molar-refractivity contribution in [3.8, 4) is 0 Å². The van der Waals surface area contributed by atoms with Gasteiger partial charge in [0.05, 0.1) is 19.1 Å². The van der Waals surface area contributed by atoms with Crippen LogP contribution in [0.3, 0.4) is 0 Å². The summed E-state index contributed by atoms with van der Waals surface area (Å²) in [5.74, 6) is 0.856. The lowest BCUT2D eigenvalue weighted by Gasteiger charge is -2.25. The van der Waals surface area contributed by atoms with Crippen molar-refractivity contribution in [2.75, 3.05) is 33.2 Å². The second-order valence-electron chi connectivity index (χ2n) is 8.37. The Kier molecular flexibility index (Phi) is 7.84. The van der Waals surface area contributed by atoms with E-state index in [0.29, 0.717) is 12.5 Å². The first-order valence-corrected chi connectivity index (χ1v) is 10.1. The summed E-state index contributed by atoms with van der Waals surface area (Å²) in [6, 6.07) is 8.48. The monoisotopic (exact) mass is 373 g/mol. The number of carbonyl (C=O) groups is 2. The lowest BCUT2D eigenvalue weighted by molar-refractivity contribution is -0.131. The number of likely N-dealkylation sites (tertiary alicyclic amines) is 1. The number of nitrogens with one attached hydrogen (secondary N) is 1. The molecule has 0 bridgehead atoms. The molecule has 1 saturated heterocycles. The van der Waals surface area contributed by atoms with Gasteiger partial charge in [0.25, 0.3) is 0 Å². The molecule has 27 heavy (non-hydrogen) atoms. The highest BCUT2D eigenvalue weighted by atomic mass is 16.2. The van der Waals surface area contributed by atoms with Gasteiger partial charge in [-0.05, 0) is 42.9 Å². The molecule has 0 spiro atoms. The summed E-state index contributed by atoms with van der Waals surface area (Å²) in [5.41, 5.74) is 2.42. The van der Waals surface area contributed by atoms with Crippen molar-refractivity contribution >= 4 is 11.8 Å². The molecule has 1 aliphatic rings. The fraction of sp³-hybridized carbons (Fsp3) is 0.636. The van der Waals surface area contributed by atoms with E-state index >= 15 is 0 Å². The zero-order valence-corrected chi connectivity index (χ0v) is 17.5. The van der Waals surface area contributed by atoms with E-state index in [2.05, 4.69) is 57.3 Å². The second kappa shape index (κ2) is 9.88. The van der Waals surface area contributed by atoms with Gasteiger partial charge in [-0.25, -0.2) is 0 Å². The van der Waals surface area contributed by atoms with Gasteiger partial charge in [0.15, 0.2) is 0 Å². The molecule has 1 aromatic rings.